The summed E-state index contributed by atoms with van der Waals surface area (Å²) < 4.78 is 5.41. The predicted molar refractivity (Wildman–Crippen MR) is 66.8 cm³/mol. The van der Waals surface area contributed by atoms with E-state index >= 15 is 0 Å². The zero-order valence-corrected chi connectivity index (χ0v) is 10.1. The van der Waals surface area contributed by atoms with Gasteiger partial charge in [0.15, 0.2) is 0 Å². The maximum atomic E-state index is 5.41. The first-order chi connectivity index (χ1) is 7.70. The Hall–Kier alpha value is -1.49. The van der Waals surface area contributed by atoms with Gasteiger partial charge in [-0.15, -0.1) is 10.2 Å². The number of anilines is 1. The lowest BCUT2D eigenvalue weighted by molar-refractivity contribution is 0.529. The van der Waals surface area contributed by atoms with Crippen LogP contribution >= 0.6 is 12.6 Å². The molecule has 1 aromatic heterocycles. The molecule has 1 aromatic carbocycles. The summed E-state index contributed by atoms with van der Waals surface area (Å²) in [5, 5.41) is 7.82. The van der Waals surface area contributed by atoms with Crippen LogP contribution in [0.1, 0.15) is 5.89 Å². The second-order valence-corrected chi connectivity index (χ2v) is 3.92. The highest BCUT2D eigenvalue weighted by Gasteiger charge is 2.07. The maximum Gasteiger partial charge on any atom is 0.247 e. The van der Waals surface area contributed by atoms with E-state index in [-0.39, 0.29) is 0 Å². The normalized spacial score (nSPS) is 10.4. The third kappa shape index (κ3) is 2.19. The van der Waals surface area contributed by atoms with Crippen molar-refractivity contribution in [2.24, 2.45) is 0 Å². The molecule has 0 amide bonds. The molecule has 5 heteroatoms. The van der Waals surface area contributed by atoms with Gasteiger partial charge in [0.05, 0.1) is 5.75 Å². The van der Waals surface area contributed by atoms with Crippen molar-refractivity contribution in [1.82, 2.24) is 10.2 Å². The van der Waals surface area contributed by atoms with Gasteiger partial charge in [0.1, 0.15) is 0 Å². The van der Waals surface area contributed by atoms with Gasteiger partial charge in [0, 0.05) is 25.3 Å². The molecule has 0 aliphatic rings. The first-order valence-electron chi connectivity index (χ1n) is 4.91. The van der Waals surface area contributed by atoms with Crippen LogP contribution in [0.15, 0.2) is 28.7 Å². The summed E-state index contributed by atoms with van der Waals surface area (Å²) in [5.74, 6) is 1.53. The fourth-order valence-corrected chi connectivity index (χ4v) is 1.46. The Morgan fingerprint density at radius 1 is 1.19 bits per heavy atom. The molecule has 0 aliphatic carbocycles. The van der Waals surface area contributed by atoms with Crippen molar-refractivity contribution in [2.75, 3.05) is 19.0 Å². The summed E-state index contributed by atoms with van der Waals surface area (Å²) in [7, 11) is 4.00. The van der Waals surface area contributed by atoms with Crippen LogP contribution in [0.25, 0.3) is 11.5 Å². The Morgan fingerprint density at radius 3 is 2.38 bits per heavy atom. The molecule has 0 spiro atoms. The number of thiol groups is 1. The summed E-state index contributed by atoms with van der Waals surface area (Å²) in [6.45, 7) is 0. The fraction of sp³-hybridized carbons (Fsp3) is 0.273. The third-order valence-electron chi connectivity index (χ3n) is 2.23. The summed E-state index contributed by atoms with van der Waals surface area (Å²) in [6, 6.07) is 7.95. The average Bonchev–Trinajstić information content (AvgIpc) is 2.77. The molecule has 1 heterocycles. The van der Waals surface area contributed by atoms with Crippen LogP contribution < -0.4 is 4.90 Å². The minimum absolute atomic E-state index is 0.461. The van der Waals surface area contributed by atoms with Crippen molar-refractivity contribution in [1.29, 1.82) is 0 Å². The molecule has 0 saturated carbocycles. The van der Waals surface area contributed by atoms with Crippen LogP contribution in [0.2, 0.25) is 0 Å². The molecule has 16 heavy (non-hydrogen) atoms. The first-order valence-corrected chi connectivity index (χ1v) is 5.55. The van der Waals surface area contributed by atoms with Gasteiger partial charge in [0.2, 0.25) is 11.8 Å². The maximum absolute atomic E-state index is 5.41. The van der Waals surface area contributed by atoms with Crippen molar-refractivity contribution in [3.63, 3.8) is 0 Å². The highest BCUT2D eigenvalue weighted by atomic mass is 32.1. The van der Waals surface area contributed by atoms with E-state index in [0.29, 0.717) is 17.5 Å². The van der Waals surface area contributed by atoms with E-state index in [0.717, 1.165) is 11.3 Å². The van der Waals surface area contributed by atoms with Crippen molar-refractivity contribution >= 4 is 18.3 Å². The second kappa shape index (κ2) is 4.57. The van der Waals surface area contributed by atoms with Crippen molar-refractivity contribution in [2.45, 2.75) is 5.75 Å². The molecule has 0 N–H and O–H groups in total. The molecule has 0 atom stereocenters. The highest BCUT2D eigenvalue weighted by Crippen LogP contribution is 2.21. The number of benzene rings is 1. The third-order valence-corrected chi connectivity index (χ3v) is 2.50. The Bertz CT molecular complexity index is 464. The van der Waals surface area contributed by atoms with Crippen LogP contribution in [0, 0.1) is 0 Å². The van der Waals surface area contributed by atoms with Crippen LogP contribution in [0.3, 0.4) is 0 Å². The lowest BCUT2D eigenvalue weighted by Crippen LogP contribution is -2.07. The molecule has 0 fully saturated rings. The van der Waals surface area contributed by atoms with Gasteiger partial charge >= 0.3 is 0 Å². The first kappa shape index (κ1) is 11.0. The van der Waals surface area contributed by atoms with Crippen molar-refractivity contribution < 1.29 is 4.42 Å². The summed E-state index contributed by atoms with van der Waals surface area (Å²) in [6.07, 6.45) is 0. The van der Waals surface area contributed by atoms with Gasteiger partial charge in [-0.25, -0.2) is 0 Å². The standard InChI is InChI=1S/C11H13N3OS/c1-14(2)9-5-3-8(4-6-9)11-13-12-10(7-16)15-11/h3-6,16H,7H2,1-2H3. The van der Waals surface area contributed by atoms with Crippen LogP contribution in [-0.4, -0.2) is 24.3 Å². The number of hydrogen-bond donors (Lipinski definition) is 1. The van der Waals surface area contributed by atoms with E-state index in [9.17, 15) is 0 Å². The highest BCUT2D eigenvalue weighted by molar-refractivity contribution is 7.79. The van der Waals surface area contributed by atoms with Gasteiger partial charge < -0.3 is 9.32 Å². The minimum Gasteiger partial charge on any atom is -0.420 e. The molecule has 0 radical (unpaired) electrons. The summed E-state index contributed by atoms with van der Waals surface area (Å²) >= 11 is 4.08. The minimum atomic E-state index is 0.461. The molecule has 4 nitrogen and oxygen atoms in total. The van der Waals surface area contributed by atoms with E-state index < -0.39 is 0 Å². The summed E-state index contributed by atoms with van der Waals surface area (Å²) in [5.41, 5.74) is 2.06. The monoisotopic (exact) mass is 235 g/mol. The lowest BCUT2D eigenvalue weighted by atomic mass is 10.2. The fourth-order valence-electron chi connectivity index (χ4n) is 1.34. The average molecular weight is 235 g/mol. The quantitative estimate of drug-likeness (QED) is 0.828. The number of rotatable bonds is 3. The Labute approximate surface area is 99.7 Å². The van der Waals surface area contributed by atoms with Crippen molar-refractivity contribution in [3.05, 3.63) is 30.2 Å². The number of hydrogen-bond acceptors (Lipinski definition) is 5. The molecule has 0 aliphatic heterocycles. The zero-order valence-electron chi connectivity index (χ0n) is 9.21. The molecule has 2 rings (SSSR count). The van der Waals surface area contributed by atoms with E-state index in [1.807, 2.05) is 43.3 Å². The van der Waals surface area contributed by atoms with E-state index in [1.165, 1.54) is 0 Å². The van der Waals surface area contributed by atoms with Gasteiger partial charge in [-0.1, -0.05) is 0 Å². The molecule has 2 aromatic rings. The molecule has 84 valence electrons. The number of nitrogens with zero attached hydrogens (tertiary/aromatic N) is 3. The van der Waals surface area contributed by atoms with E-state index in [1.54, 1.807) is 0 Å². The SMILES string of the molecule is CN(C)c1ccc(-c2nnc(CS)o2)cc1. The molecule has 0 unspecified atom stereocenters. The molecular weight excluding hydrogens is 222 g/mol. The van der Waals surface area contributed by atoms with Crippen LogP contribution in [0.4, 0.5) is 5.69 Å². The Kier molecular flexibility index (Phi) is 3.14. The van der Waals surface area contributed by atoms with E-state index in [4.69, 9.17) is 4.42 Å². The largest absolute Gasteiger partial charge is 0.420 e. The topological polar surface area (TPSA) is 42.2 Å². The zero-order chi connectivity index (χ0) is 11.5. The number of aromatic nitrogens is 2. The Balaban J connectivity index is 2.27. The van der Waals surface area contributed by atoms with Gasteiger partial charge in [-0.3, -0.25) is 0 Å². The van der Waals surface area contributed by atoms with Gasteiger partial charge in [-0.2, -0.15) is 12.6 Å². The van der Waals surface area contributed by atoms with Gasteiger partial charge in [-0.05, 0) is 24.3 Å². The summed E-state index contributed by atoms with van der Waals surface area (Å²) in [4.78, 5) is 2.04. The Morgan fingerprint density at radius 2 is 1.88 bits per heavy atom. The van der Waals surface area contributed by atoms with Crippen molar-refractivity contribution in [3.8, 4) is 11.5 Å². The van der Waals surface area contributed by atoms with E-state index in [2.05, 4.69) is 22.8 Å². The lowest BCUT2D eigenvalue weighted by Gasteiger charge is -2.11. The second-order valence-electron chi connectivity index (χ2n) is 3.60. The molecule has 0 bridgehead atoms. The van der Waals surface area contributed by atoms with Crippen LogP contribution in [0.5, 0.6) is 0 Å². The molecular formula is C11H13N3OS. The van der Waals surface area contributed by atoms with Crippen LogP contribution in [-0.2, 0) is 5.75 Å². The smallest absolute Gasteiger partial charge is 0.247 e. The predicted octanol–water partition coefficient (Wildman–Crippen LogP) is 2.23. The van der Waals surface area contributed by atoms with Gasteiger partial charge in [0.25, 0.3) is 0 Å². The molecule has 0 saturated heterocycles.